The van der Waals surface area contributed by atoms with Crippen LogP contribution in [-0.4, -0.2) is 54.3 Å². The number of benzene rings is 1. The van der Waals surface area contributed by atoms with E-state index in [0.717, 1.165) is 39.0 Å². The van der Waals surface area contributed by atoms with Crippen molar-refractivity contribution in [1.29, 1.82) is 0 Å². The summed E-state index contributed by atoms with van der Waals surface area (Å²) in [5, 5.41) is 0. The maximum atomic E-state index is 12.5. The van der Waals surface area contributed by atoms with Gasteiger partial charge in [-0.3, -0.25) is 4.79 Å². The zero-order valence-corrected chi connectivity index (χ0v) is 14.5. The number of amides is 1. The molecule has 1 amide bonds. The van der Waals surface area contributed by atoms with E-state index in [-0.39, 0.29) is 17.7 Å². The molecule has 142 valence electrons. The summed E-state index contributed by atoms with van der Waals surface area (Å²) in [7, 11) is 0. The van der Waals surface area contributed by atoms with Crippen LogP contribution in [0, 0.1) is 0 Å². The van der Waals surface area contributed by atoms with E-state index in [4.69, 9.17) is 0 Å². The number of likely N-dealkylation sites (tertiary alicyclic amines) is 2. The van der Waals surface area contributed by atoms with E-state index in [1.54, 1.807) is 6.08 Å². The van der Waals surface area contributed by atoms with Crippen LogP contribution in [0.3, 0.4) is 0 Å². The van der Waals surface area contributed by atoms with Crippen molar-refractivity contribution in [2.24, 2.45) is 0 Å². The van der Waals surface area contributed by atoms with E-state index in [1.165, 1.54) is 43.2 Å². The predicted octanol–water partition coefficient (Wildman–Crippen LogP) is 3.69. The minimum Gasteiger partial charge on any atom is -0.406 e. The first-order valence-electron chi connectivity index (χ1n) is 8.97. The monoisotopic (exact) mass is 368 g/mol. The fraction of sp³-hybridized carbons (Fsp3) is 0.526. The summed E-state index contributed by atoms with van der Waals surface area (Å²) in [6, 6.07) is 5.73. The normalized spacial score (nSPS) is 21.7. The maximum Gasteiger partial charge on any atom is 0.573 e. The Balaban J connectivity index is 1.56. The summed E-state index contributed by atoms with van der Waals surface area (Å²) >= 11 is 0. The van der Waals surface area contributed by atoms with Crippen LogP contribution < -0.4 is 4.74 Å². The number of ether oxygens (including phenoxy) is 1. The van der Waals surface area contributed by atoms with Crippen molar-refractivity contribution in [1.82, 2.24) is 9.80 Å². The molecule has 2 aliphatic rings. The van der Waals surface area contributed by atoms with Crippen LogP contribution in [0.25, 0.3) is 6.08 Å². The molecule has 1 aromatic carbocycles. The molecule has 0 saturated carbocycles. The molecule has 3 rings (SSSR count). The SMILES string of the molecule is O=C(/C=C/c1ccc(OC(F)(F)F)cc1)N1CCC[C@H]1CN1CCCC1. The van der Waals surface area contributed by atoms with Gasteiger partial charge >= 0.3 is 6.36 Å². The van der Waals surface area contributed by atoms with E-state index in [2.05, 4.69) is 9.64 Å². The second kappa shape index (κ2) is 8.12. The van der Waals surface area contributed by atoms with Crippen LogP contribution in [0.4, 0.5) is 13.2 Å². The third-order valence-electron chi connectivity index (χ3n) is 4.86. The topological polar surface area (TPSA) is 32.8 Å². The molecule has 4 nitrogen and oxygen atoms in total. The number of halogens is 3. The summed E-state index contributed by atoms with van der Waals surface area (Å²) in [4.78, 5) is 16.8. The van der Waals surface area contributed by atoms with Gasteiger partial charge in [0, 0.05) is 25.2 Å². The Bertz CT molecular complexity index is 637. The molecule has 0 aliphatic carbocycles. The molecule has 0 bridgehead atoms. The molecular formula is C19H23F3N2O2. The predicted molar refractivity (Wildman–Crippen MR) is 92.6 cm³/mol. The third-order valence-corrected chi connectivity index (χ3v) is 4.86. The van der Waals surface area contributed by atoms with Gasteiger partial charge in [0.2, 0.25) is 5.91 Å². The van der Waals surface area contributed by atoms with Crippen molar-refractivity contribution >= 4 is 12.0 Å². The van der Waals surface area contributed by atoms with Crippen molar-refractivity contribution < 1.29 is 22.7 Å². The first kappa shape index (κ1) is 18.8. The molecule has 0 spiro atoms. The molecule has 2 heterocycles. The van der Waals surface area contributed by atoms with Crippen LogP contribution in [0.5, 0.6) is 5.75 Å². The number of carbonyl (C=O) groups excluding carboxylic acids is 1. The molecule has 7 heteroatoms. The highest BCUT2D eigenvalue weighted by Gasteiger charge is 2.31. The lowest BCUT2D eigenvalue weighted by molar-refractivity contribution is -0.274. The van der Waals surface area contributed by atoms with E-state index < -0.39 is 6.36 Å². The molecule has 1 atom stereocenters. The summed E-state index contributed by atoms with van der Waals surface area (Å²) in [5.41, 5.74) is 0.656. The summed E-state index contributed by atoms with van der Waals surface area (Å²) in [6.07, 6.45) is 2.94. The number of carbonyl (C=O) groups is 1. The average Bonchev–Trinajstić information content (AvgIpc) is 3.25. The summed E-state index contributed by atoms with van der Waals surface area (Å²) in [6.45, 7) is 3.92. The fourth-order valence-electron chi connectivity index (χ4n) is 3.62. The molecule has 2 aliphatic heterocycles. The Kier molecular flexibility index (Phi) is 5.86. The Morgan fingerprint density at radius 1 is 1.12 bits per heavy atom. The Morgan fingerprint density at radius 2 is 1.81 bits per heavy atom. The van der Waals surface area contributed by atoms with Gasteiger partial charge in [0.1, 0.15) is 5.75 Å². The highest BCUT2D eigenvalue weighted by Crippen LogP contribution is 2.24. The highest BCUT2D eigenvalue weighted by molar-refractivity contribution is 5.92. The average molecular weight is 368 g/mol. The Morgan fingerprint density at radius 3 is 2.46 bits per heavy atom. The molecule has 26 heavy (non-hydrogen) atoms. The van der Waals surface area contributed by atoms with E-state index in [0.29, 0.717) is 5.56 Å². The number of alkyl halides is 3. The maximum absolute atomic E-state index is 12.5. The highest BCUT2D eigenvalue weighted by atomic mass is 19.4. The first-order valence-corrected chi connectivity index (χ1v) is 8.97. The summed E-state index contributed by atoms with van der Waals surface area (Å²) in [5.74, 6) is -0.312. The van der Waals surface area contributed by atoms with Crippen molar-refractivity contribution in [3.8, 4) is 5.75 Å². The van der Waals surface area contributed by atoms with Crippen LogP contribution >= 0.6 is 0 Å². The Hall–Kier alpha value is -2.02. The molecule has 1 aromatic rings. The Labute approximate surface area is 151 Å². The van der Waals surface area contributed by atoms with Gasteiger partial charge in [0.05, 0.1) is 0 Å². The van der Waals surface area contributed by atoms with Gasteiger partial charge in [-0.15, -0.1) is 13.2 Å². The van der Waals surface area contributed by atoms with Crippen molar-refractivity contribution in [2.75, 3.05) is 26.2 Å². The van der Waals surface area contributed by atoms with Gasteiger partial charge in [0.15, 0.2) is 0 Å². The quantitative estimate of drug-likeness (QED) is 0.744. The minimum absolute atomic E-state index is 0.0395. The van der Waals surface area contributed by atoms with Crippen LogP contribution in [0.2, 0.25) is 0 Å². The number of hydrogen-bond acceptors (Lipinski definition) is 3. The van der Waals surface area contributed by atoms with Crippen LogP contribution in [-0.2, 0) is 4.79 Å². The summed E-state index contributed by atoms with van der Waals surface area (Å²) < 4.78 is 40.3. The van der Waals surface area contributed by atoms with E-state index in [1.807, 2.05) is 4.90 Å². The minimum atomic E-state index is -4.70. The van der Waals surface area contributed by atoms with Gasteiger partial charge in [-0.05, 0) is 62.5 Å². The largest absolute Gasteiger partial charge is 0.573 e. The van der Waals surface area contributed by atoms with E-state index in [9.17, 15) is 18.0 Å². The zero-order chi connectivity index (χ0) is 18.6. The molecule has 0 N–H and O–H groups in total. The van der Waals surface area contributed by atoms with Gasteiger partial charge in [0.25, 0.3) is 0 Å². The smallest absolute Gasteiger partial charge is 0.406 e. The van der Waals surface area contributed by atoms with Crippen molar-refractivity contribution in [3.63, 3.8) is 0 Å². The van der Waals surface area contributed by atoms with Crippen LogP contribution in [0.1, 0.15) is 31.2 Å². The molecule has 2 fully saturated rings. The lowest BCUT2D eigenvalue weighted by Gasteiger charge is -2.27. The third kappa shape index (κ3) is 5.24. The van der Waals surface area contributed by atoms with Crippen molar-refractivity contribution in [2.45, 2.75) is 38.1 Å². The van der Waals surface area contributed by atoms with Crippen molar-refractivity contribution in [3.05, 3.63) is 35.9 Å². The standard InChI is InChI=1S/C19H23F3N2O2/c20-19(21,22)26-17-8-5-15(6-9-17)7-10-18(25)24-13-3-4-16(24)14-23-11-1-2-12-23/h5-10,16H,1-4,11-14H2/b10-7+/t16-/m0/s1. The molecule has 2 saturated heterocycles. The number of nitrogens with zero attached hydrogens (tertiary/aromatic N) is 2. The van der Waals surface area contributed by atoms with E-state index >= 15 is 0 Å². The molecule has 0 radical (unpaired) electrons. The van der Waals surface area contributed by atoms with Gasteiger partial charge in [-0.1, -0.05) is 12.1 Å². The van der Waals surface area contributed by atoms with Gasteiger partial charge in [-0.2, -0.15) is 0 Å². The zero-order valence-electron chi connectivity index (χ0n) is 14.5. The fourth-order valence-corrected chi connectivity index (χ4v) is 3.62. The van der Waals surface area contributed by atoms with Crippen LogP contribution in [0.15, 0.2) is 30.3 Å². The first-order chi connectivity index (χ1) is 12.4. The second-order valence-electron chi connectivity index (χ2n) is 6.79. The number of rotatable bonds is 5. The molecule has 0 unspecified atom stereocenters. The molecular weight excluding hydrogens is 345 g/mol. The van der Waals surface area contributed by atoms with Gasteiger partial charge < -0.3 is 14.5 Å². The van der Waals surface area contributed by atoms with Gasteiger partial charge in [-0.25, -0.2) is 0 Å². The molecule has 0 aromatic heterocycles. The lowest BCUT2D eigenvalue weighted by Crippen LogP contribution is -2.41. The number of hydrogen-bond donors (Lipinski definition) is 0. The lowest BCUT2D eigenvalue weighted by atomic mass is 10.2. The second-order valence-corrected chi connectivity index (χ2v) is 6.79.